The first-order valence-electron chi connectivity index (χ1n) is 11.7. The van der Waals surface area contributed by atoms with E-state index in [0.29, 0.717) is 0 Å². The number of amides is 3. The quantitative estimate of drug-likeness (QED) is 0.300. The molecule has 11 heteroatoms. The van der Waals surface area contributed by atoms with Gasteiger partial charge in [0.2, 0.25) is 17.7 Å². The summed E-state index contributed by atoms with van der Waals surface area (Å²) in [4.78, 5) is 54.7. The summed E-state index contributed by atoms with van der Waals surface area (Å²) in [5, 5.41) is 14.0. The van der Waals surface area contributed by atoms with Gasteiger partial charge in [-0.25, -0.2) is 9.29 Å². The standard InChI is InChI=1S/C27H18ClFN4O5/c28-19-10-9-17(33(37)38)13-20(19)30-25(34)24-22-21(23-18-4-2-1-3-14(18)11-12-31(23)24)26(35)32(27(22)36)16-7-5-15(29)6-8-16/h1-13,21-24H,(H,30,34)/t21-,22+,23+,24-/m0/s1. The van der Waals surface area contributed by atoms with E-state index in [1.807, 2.05) is 24.3 Å². The number of benzene rings is 3. The van der Waals surface area contributed by atoms with Gasteiger partial charge in [0, 0.05) is 18.3 Å². The fourth-order valence-electron chi connectivity index (χ4n) is 5.63. The summed E-state index contributed by atoms with van der Waals surface area (Å²) < 4.78 is 13.6. The SMILES string of the molecule is O=C(Nc1cc([N+](=O)[O-])ccc1Cl)[C@@H]1[C@@H]2C(=O)N(c3ccc(F)cc3)C(=O)[C@@H]2[C@H]2c3ccccc3C=CN12. The van der Waals surface area contributed by atoms with Crippen molar-refractivity contribution < 1.29 is 23.7 Å². The van der Waals surface area contributed by atoms with Crippen LogP contribution < -0.4 is 10.2 Å². The molecule has 0 unspecified atom stereocenters. The minimum Gasteiger partial charge on any atom is -0.357 e. The van der Waals surface area contributed by atoms with Crippen LogP contribution in [0.2, 0.25) is 5.02 Å². The van der Waals surface area contributed by atoms with Crippen LogP contribution in [-0.4, -0.2) is 33.6 Å². The van der Waals surface area contributed by atoms with E-state index in [1.54, 1.807) is 17.2 Å². The average molecular weight is 533 g/mol. The smallest absolute Gasteiger partial charge is 0.271 e. The third kappa shape index (κ3) is 3.56. The first-order chi connectivity index (χ1) is 18.3. The largest absolute Gasteiger partial charge is 0.357 e. The van der Waals surface area contributed by atoms with Crippen molar-refractivity contribution in [1.29, 1.82) is 0 Å². The molecule has 2 fully saturated rings. The third-order valence-corrected chi connectivity index (χ3v) is 7.56. The Labute approximate surface area is 220 Å². The van der Waals surface area contributed by atoms with Gasteiger partial charge in [-0.2, -0.15) is 0 Å². The lowest BCUT2D eigenvalue weighted by atomic mass is 9.84. The molecule has 0 aromatic heterocycles. The van der Waals surface area contributed by atoms with Crippen LogP contribution in [0, 0.1) is 27.8 Å². The molecule has 0 saturated carbocycles. The number of halogens is 2. The Morgan fingerprint density at radius 1 is 1.00 bits per heavy atom. The van der Waals surface area contributed by atoms with Crippen LogP contribution in [0.25, 0.3) is 6.08 Å². The Bertz CT molecular complexity index is 1560. The summed E-state index contributed by atoms with van der Waals surface area (Å²) in [6.07, 6.45) is 3.49. The fraction of sp³-hybridized carbons (Fsp3) is 0.148. The minimum atomic E-state index is -1.12. The number of hydrogen-bond acceptors (Lipinski definition) is 6. The summed E-state index contributed by atoms with van der Waals surface area (Å²) in [7, 11) is 0. The second-order valence-corrected chi connectivity index (χ2v) is 9.64. The minimum absolute atomic E-state index is 0.0134. The number of anilines is 2. The number of non-ortho nitro benzene ring substituents is 1. The van der Waals surface area contributed by atoms with Crippen molar-refractivity contribution in [3.05, 3.63) is 105 Å². The normalized spacial score (nSPS) is 23.2. The van der Waals surface area contributed by atoms with Gasteiger partial charge in [0.25, 0.3) is 5.69 Å². The Kier molecular flexibility index (Phi) is 5.50. The van der Waals surface area contributed by atoms with Crippen LogP contribution >= 0.6 is 11.6 Å². The molecule has 3 aromatic carbocycles. The molecule has 3 amide bonds. The maximum absolute atomic E-state index is 13.8. The second-order valence-electron chi connectivity index (χ2n) is 9.23. The molecule has 9 nitrogen and oxygen atoms in total. The van der Waals surface area contributed by atoms with Crippen molar-refractivity contribution in [3.8, 4) is 0 Å². The molecular weight excluding hydrogens is 515 g/mol. The summed E-state index contributed by atoms with van der Waals surface area (Å²) in [5.41, 5.74) is 1.60. The van der Waals surface area contributed by atoms with Crippen LogP contribution in [0.3, 0.4) is 0 Å². The van der Waals surface area contributed by atoms with Gasteiger partial charge < -0.3 is 10.2 Å². The molecule has 190 valence electrons. The molecule has 0 bridgehead atoms. The van der Waals surface area contributed by atoms with Gasteiger partial charge in [-0.15, -0.1) is 0 Å². The molecule has 38 heavy (non-hydrogen) atoms. The number of carbonyl (C=O) groups excluding carboxylic acids is 3. The topological polar surface area (TPSA) is 113 Å². The molecule has 3 aromatic rings. The van der Waals surface area contributed by atoms with Crippen LogP contribution in [0.5, 0.6) is 0 Å². The van der Waals surface area contributed by atoms with E-state index in [0.717, 1.165) is 34.2 Å². The molecule has 0 spiro atoms. The van der Waals surface area contributed by atoms with Crippen molar-refractivity contribution in [1.82, 2.24) is 4.90 Å². The van der Waals surface area contributed by atoms with Gasteiger partial charge in [-0.3, -0.25) is 24.5 Å². The zero-order valence-electron chi connectivity index (χ0n) is 19.5. The Morgan fingerprint density at radius 2 is 1.71 bits per heavy atom. The molecule has 3 aliphatic heterocycles. The van der Waals surface area contributed by atoms with Crippen molar-refractivity contribution in [2.75, 3.05) is 10.2 Å². The highest BCUT2D eigenvalue weighted by atomic mass is 35.5. The molecule has 4 atom stereocenters. The van der Waals surface area contributed by atoms with Gasteiger partial charge in [0.1, 0.15) is 11.9 Å². The first kappa shape index (κ1) is 23.8. The van der Waals surface area contributed by atoms with Crippen molar-refractivity contribution >= 4 is 52.5 Å². The molecule has 2 saturated heterocycles. The number of nitro benzene ring substituents is 1. The molecule has 0 radical (unpaired) electrons. The van der Waals surface area contributed by atoms with Gasteiger partial charge in [-0.05, 0) is 47.5 Å². The highest BCUT2D eigenvalue weighted by molar-refractivity contribution is 6.34. The summed E-state index contributed by atoms with van der Waals surface area (Å²) in [6.45, 7) is 0. The molecule has 3 heterocycles. The zero-order chi connectivity index (χ0) is 26.7. The molecule has 3 aliphatic rings. The van der Waals surface area contributed by atoms with E-state index in [4.69, 9.17) is 11.6 Å². The van der Waals surface area contributed by atoms with E-state index in [9.17, 15) is 28.9 Å². The van der Waals surface area contributed by atoms with Crippen molar-refractivity contribution in [2.24, 2.45) is 11.8 Å². The average Bonchev–Trinajstić information content (AvgIpc) is 3.38. The maximum atomic E-state index is 13.8. The van der Waals surface area contributed by atoms with Crippen LogP contribution in [-0.2, 0) is 14.4 Å². The van der Waals surface area contributed by atoms with Gasteiger partial charge in [-0.1, -0.05) is 35.9 Å². The monoisotopic (exact) mass is 532 g/mol. The summed E-state index contributed by atoms with van der Waals surface area (Å²) in [6, 6.07) is 14.3. The second kappa shape index (κ2) is 8.77. The Balaban J connectivity index is 1.43. The predicted molar refractivity (Wildman–Crippen MR) is 136 cm³/mol. The number of carbonyl (C=O) groups is 3. The Morgan fingerprint density at radius 3 is 2.45 bits per heavy atom. The van der Waals surface area contributed by atoms with Crippen molar-refractivity contribution in [3.63, 3.8) is 0 Å². The number of hydrogen-bond donors (Lipinski definition) is 1. The van der Waals surface area contributed by atoms with Crippen LogP contribution in [0.4, 0.5) is 21.5 Å². The highest BCUT2D eigenvalue weighted by Gasteiger charge is 2.64. The number of nitrogens with one attached hydrogen (secondary N) is 1. The highest BCUT2D eigenvalue weighted by Crippen LogP contribution is 2.53. The number of fused-ring (bicyclic) bond motifs is 5. The first-order valence-corrected chi connectivity index (χ1v) is 12.1. The van der Waals surface area contributed by atoms with Gasteiger partial charge in [0.15, 0.2) is 0 Å². The third-order valence-electron chi connectivity index (χ3n) is 7.23. The summed E-state index contributed by atoms with van der Waals surface area (Å²) in [5.74, 6) is -4.19. The number of rotatable bonds is 4. The van der Waals surface area contributed by atoms with E-state index >= 15 is 0 Å². The number of nitrogens with zero attached hydrogens (tertiary/aromatic N) is 3. The lowest BCUT2D eigenvalue weighted by Gasteiger charge is -2.35. The fourth-order valence-corrected chi connectivity index (χ4v) is 5.80. The van der Waals surface area contributed by atoms with E-state index in [1.165, 1.54) is 24.3 Å². The molecular formula is C27H18ClFN4O5. The zero-order valence-corrected chi connectivity index (χ0v) is 20.2. The van der Waals surface area contributed by atoms with Crippen molar-refractivity contribution in [2.45, 2.75) is 12.1 Å². The van der Waals surface area contributed by atoms with E-state index < -0.39 is 52.4 Å². The molecule has 1 N–H and O–H groups in total. The lowest BCUT2D eigenvalue weighted by molar-refractivity contribution is -0.384. The summed E-state index contributed by atoms with van der Waals surface area (Å²) >= 11 is 6.21. The lowest BCUT2D eigenvalue weighted by Crippen LogP contribution is -2.46. The molecule has 0 aliphatic carbocycles. The van der Waals surface area contributed by atoms with E-state index in [-0.39, 0.29) is 22.1 Å². The molecule has 6 rings (SSSR count). The number of imide groups is 1. The van der Waals surface area contributed by atoms with Gasteiger partial charge in [0.05, 0.1) is 39.2 Å². The Hall–Kier alpha value is -4.57. The number of nitro groups is 1. The maximum Gasteiger partial charge on any atom is 0.271 e. The van der Waals surface area contributed by atoms with Gasteiger partial charge >= 0.3 is 0 Å². The van der Waals surface area contributed by atoms with Crippen LogP contribution in [0.15, 0.2) is 72.9 Å². The predicted octanol–water partition coefficient (Wildman–Crippen LogP) is 4.54. The van der Waals surface area contributed by atoms with E-state index in [2.05, 4.69) is 5.32 Å². The van der Waals surface area contributed by atoms with Crippen LogP contribution in [0.1, 0.15) is 17.2 Å².